The SMILES string of the molecule is CCC[CH2][Sn]([CH2]CCC)([CH2]CCC)[O]C(C)CC(C)(C)OB1OC(C)CC(C)(C)O1. The molecule has 1 saturated heterocycles. The molecule has 178 valence electrons. The van der Waals surface area contributed by atoms with Crippen molar-refractivity contribution in [3.63, 3.8) is 0 Å². The van der Waals surface area contributed by atoms with E-state index in [-0.39, 0.29) is 23.4 Å². The molecule has 1 rings (SSSR count). The van der Waals surface area contributed by atoms with Gasteiger partial charge in [0.1, 0.15) is 0 Å². The van der Waals surface area contributed by atoms with Gasteiger partial charge in [-0.2, -0.15) is 0 Å². The molecule has 0 amide bonds. The van der Waals surface area contributed by atoms with Gasteiger partial charge in [-0.25, -0.2) is 0 Å². The van der Waals surface area contributed by atoms with E-state index < -0.39 is 26.1 Å². The summed E-state index contributed by atoms with van der Waals surface area (Å²) in [5.74, 6) is 0. The number of hydrogen-bond donors (Lipinski definition) is 0. The van der Waals surface area contributed by atoms with Crippen LogP contribution in [0.1, 0.15) is 114 Å². The summed E-state index contributed by atoms with van der Waals surface area (Å²) in [7, 11) is -0.598. The summed E-state index contributed by atoms with van der Waals surface area (Å²) in [6, 6.07) is 0. The van der Waals surface area contributed by atoms with Crippen molar-refractivity contribution >= 4 is 26.1 Å². The van der Waals surface area contributed by atoms with E-state index >= 15 is 0 Å². The first-order valence-electron chi connectivity index (χ1n) is 12.7. The predicted molar refractivity (Wildman–Crippen MR) is 131 cm³/mol. The molecule has 4 nitrogen and oxygen atoms in total. The van der Waals surface area contributed by atoms with Gasteiger partial charge in [0.15, 0.2) is 0 Å². The fraction of sp³-hybridized carbons (Fsp3) is 1.00. The van der Waals surface area contributed by atoms with Crippen molar-refractivity contribution in [1.82, 2.24) is 0 Å². The van der Waals surface area contributed by atoms with Crippen molar-refractivity contribution in [3.05, 3.63) is 0 Å². The quantitative estimate of drug-likeness (QED) is 0.204. The zero-order chi connectivity index (χ0) is 22.8. The fourth-order valence-corrected chi connectivity index (χ4v) is 19.2. The molecule has 2 atom stereocenters. The van der Waals surface area contributed by atoms with Gasteiger partial charge in [-0.1, -0.05) is 0 Å². The first kappa shape index (κ1) is 28.7. The van der Waals surface area contributed by atoms with Gasteiger partial charge in [-0.15, -0.1) is 0 Å². The van der Waals surface area contributed by atoms with E-state index in [0.29, 0.717) is 0 Å². The van der Waals surface area contributed by atoms with Crippen LogP contribution in [0.4, 0.5) is 0 Å². The Balaban J connectivity index is 2.77. The van der Waals surface area contributed by atoms with Crippen LogP contribution in [0.3, 0.4) is 0 Å². The van der Waals surface area contributed by atoms with Crippen LogP contribution in [0.2, 0.25) is 13.3 Å². The standard InChI is InChI=1S/C12H24BO4.3C4H9.Sn/c1-9(14)7-11(3,4)16-13-15-10(2)8-12(5,6)17-13;3*1-3-4-2;/h9-10H,7-8H2,1-6H3;3*1,3-4H2,2H3;/q-1;;;;+1. The summed E-state index contributed by atoms with van der Waals surface area (Å²) in [6.07, 6.45) is 9.91. The number of unbranched alkanes of at least 4 members (excludes halogenated alkanes) is 3. The molecule has 0 aromatic rings. The molecule has 0 radical (unpaired) electrons. The molecule has 30 heavy (non-hydrogen) atoms. The van der Waals surface area contributed by atoms with Crippen LogP contribution in [0.15, 0.2) is 0 Å². The van der Waals surface area contributed by atoms with E-state index in [1.165, 1.54) is 51.8 Å². The van der Waals surface area contributed by atoms with Gasteiger partial charge in [0, 0.05) is 0 Å². The third-order valence-electron chi connectivity index (χ3n) is 6.14. The Morgan fingerprint density at radius 3 is 1.97 bits per heavy atom. The van der Waals surface area contributed by atoms with Crippen LogP contribution in [-0.2, 0) is 17.0 Å². The molecule has 1 heterocycles. The van der Waals surface area contributed by atoms with Gasteiger partial charge in [0.05, 0.1) is 0 Å². The minimum atomic E-state index is -2.61. The van der Waals surface area contributed by atoms with Gasteiger partial charge in [0.25, 0.3) is 0 Å². The molecule has 1 aliphatic heterocycles. The molecule has 0 saturated carbocycles. The van der Waals surface area contributed by atoms with Crippen molar-refractivity contribution in [2.75, 3.05) is 0 Å². The molecule has 0 bridgehead atoms. The van der Waals surface area contributed by atoms with Crippen molar-refractivity contribution in [3.8, 4) is 0 Å². The first-order chi connectivity index (χ1) is 14.0. The number of hydrogen-bond acceptors (Lipinski definition) is 4. The Morgan fingerprint density at radius 2 is 1.53 bits per heavy atom. The molecular formula is C24H51BO4Sn. The topological polar surface area (TPSA) is 36.9 Å². The van der Waals surface area contributed by atoms with E-state index in [1.807, 2.05) is 0 Å². The third kappa shape index (κ3) is 11.0. The van der Waals surface area contributed by atoms with Crippen molar-refractivity contribution in [2.45, 2.75) is 150 Å². The molecule has 1 aliphatic rings. The maximum atomic E-state index is 7.08. The van der Waals surface area contributed by atoms with Crippen LogP contribution < -0.4 is 0 Å². The normalized spacial score (nSPS) is 21.1. The Bertz CT molecular complexity index is 450. The van der Waals surface area contributed by atoms with Gasteiger partial charge >= 0.3 is 194 Å². The van der Waals surface area contributed by atoms with Crippen molar-refractivity contribution in [1.29, 1.82) is 0 Å². The van der Waals surface area contributed by atoms with Gasteiger partial charge < -0.3 is 0 Å². The van der Waals surface area contributed by atoms with Gasteiger partial charge in [0.2, 0.25) is 0 Å². The predicted octanol–water partition coefficient (Wildman–Crippen LogP) is 7.51. The van der Waals surface area contributed by atoms with E-state index in [1.54, 1.807) is 0 Å². The van der Waals surface area contributed by atoms with E-state index in [0.717, 1.165) is 12.8 Å². The summed E-state index contributed by atoms with van der Waals surface area (Å²) in [5, 5.41) is 0. The molecule has 0 aromatic heterocycles. The molecule has 2 unspecified atom stereocenters. The third-order valence-corrected chi connectivity index (χ3v) is 19.5. The molecule has 0 N–H and O–H groups in total. The second-order valence-corrected chi connectivity index (χ2v) is 22.5. The summed E-state index contributed by atoms with van der Waals surface area (Å²) < 4.78 is 29.5. The van der Waals surface area contributed by atoms with Gasteiger partial charge in [-0.3, -0.25) is 0 Å². The zero-order valence-electron chi connectivity index (χ0n) is 21.6. The Hall–Kier alpha value is 0.704. The summed E-state index contributed by atoms with van der Waals surface area (Å²) >= 11 is -2.61. The monoisotopic (exact) mass is 534 g/mol. The van der Waals surface area contributed by atoms with E-state index in [9.17, 15) is 0 Å². The summed E-state index contributed by atoms with van der Waals surface area (Å²) in [5.41, 5.74) is -0.568. The minimum absolute atomic E-state index is 0.143. The second kappa shape index (κ2) is 13.4. The zero-order valence-corrected chi connectivity index (χ0v) is 24.5. The van der Waals surface area contributed by atoms with Crippen LogP contribution in [0, 0.1) is 0 Å². The fourth-order valence-electron chi connectivity index (χ4n) is 4.84. The first-order valence-corrected chi connectivity index (χ1v) is 19.9. The summed E-state index contributed by atoms with van der Waals surface area (Å²) in [4.78, 5) is 0. The van der Waals surface area contributed by atoms with Crippen molar-refractivity contribution < 1.29 is 17.0 Å². The molecule has 0 aromatic carbocycles. The van der Waals surface area contributed by atoms with Crippen LogP contribution >= 0.6 is 0 Å². The molecule has 0 spiro atoms. The van der Waals surface area contributed by atoms with Gasteiger partial charge in [-0.05, 0) is 0 Å². The molecule has 0 aliphatic carbocycles. The molecule has 1 fully saturated rings. The molecule has 6 heteroatoms. The van der Waals surface area contributed by atoms with E-state index in [4.69, 9.17) is 17.0 Å². The Kier molecular flexibility index (Phi) is 12.9. The van der Waals surface area contributed by atoms with Crippen LogP contribution in [-0.4, -0.2) is 49.5 Å². The number of rotatable bonds is 15. The average Bonchev–Trinajstić information content (AvgIpc) is 2.59. The molecular weight excluding hydrogens is 482 g/mol. The maximum absolute atomic E-state index is 7.08. The second-order valence-electron chi connectivity index (χ2n) is 10.8. The van der Waals surface area contributed by atoms with Crippen LogP contribution in [0.5, 0.6) is 0 Å². The van der Waals surface area contributed by atoms with E-state index in [2.05, 4.69) is 62.3 Å². The Labute approximate surface area is 193 Å². The Morgan fingerprint density at radius 1 is 1.03 bits per heavy atom. The average molecular weight is 533 g/mol. The van der Waals surface area contributed by atoms with Crippen molar-refractivity contribution in [2.24, 2.45) is 0 Å². The van der Waals surface area contributed by atoms with Crippen LogP contribution in [0.25, 0.3) is 0 Å². The summed E-state index contributed by atoms with van der Waals surface area (Å²) in [6.45, 7) is 19.8.